The van der Waals surface area contributed by atoms with Crippen LogP contribution in [-0.4, -0.2) is 25.1 Å². The topological polar surface area (TPSA) is 52.0 Å². The number of nitriles is 1. The Balaban J connectivity index is 2.59. The van der Waals surface area contributed by atoms with Crippen LogP contribution in [0.3, 0.4) is 0 Å². The summed E-state index contributed by atoms with van der Waals surface area (Å²) < 4.78 is 0. The number of nitrogens with zero attached hydrogens (tertiary/aromatic N) is 3. The van der Waals surface area contributed by atoms with Gasteiger partial charge in [0.15, 0.2) is 0 Å². The fourth-order valence-corrected chi connectivity index (χ4v) is 1.69. The molecule has 0 aliphatic rings. The first-order valence-electron chi connectivity index (χ1n) is 6.46. The average Bonchev–Trinajstić information content (AvgIpc) is 2.42. The van der Waals surface area contributed by atoms with E-state index in [1.807, 2.05) is 24.2 Å². The lowest BCUT2D eigenvalue weighted by Crippen LogP contribution is -2.21. The van der Waals surface area contributed by atoms with Crippen LogP contribution in [0.2, 0.25) is 0 Å². The predicted molar refractivity (Wildman–Crippen MR) is 74.4 cm³/mol. The second-order valence-corrected chi connectivity index (χ2v) is 4.45. The summed E-state index contributed by atoms with van der Waals surface area (Å²) in [7, 11) is 1.98. The van der Waals surface area contributed by atoms with E-state index >= 15 is 0 Å². The van der Waals surface area contributed by atoms with Gasteiger partial charge in [-0.2, -0.15) is 5.26 Å². The second-order valence-electron chi connectivity index (χ2n) is 4.45. The molecule has 0 bridgehead atoms. The SMILES string of the molecule is CCCNC(C)c1ccc(N(C)CCC#N)cn1. The van der Waals surface area contributed by atoms with E-state index in [2.05, 4.69) is 36.3 Å². The van der Waals surface area contributed by atoms with Crippen molar-refractivity contribution < 1.29 is 0 Å². The number of anilines is 1. The molecule has 0 radical (unpaired) electrons. The average molecular weight is 246 g/mol. The van der Waals surface area contributed by atoms with E-state index in [0.29, 0.717) is 6.42 Å². The minimum Gasteiger partial charge on any atom is -0.372 e. The molecule has 1 atom stereocenters. The molecule has 0 fully saturated rings. The van der Waals surface area contributed by atoms with E-state index in [1.54, 1.807) is 0 Å². The molecule has 0 aliphatic carbocycles. The maximum Gasteiger partial charge on any atom is 0.0640 e. The number of rotatable bonds is 7. The number of hydrogen-bond donors (Lipinski definition) is 1. The quantitative estimate of drug-likeness (QED) is 0.803. The van der Waals surface area contributed by atoms with Gasteiger partial charge in [-0.3, -0.25) is 4.98 Å². The van der Waals surface area contributed by atoms with Gasteiger partial charge in [-0.15, -0.1) is 0 Å². The number of aromatic nitrogens is 1. The van der Waals surface area contributed by atoms with Crippen LogP contribution in [0.1, 0.15) is 38.4 Å². The predicted octanol–water partition coefficient (Wildman–Crippen LogP) is 2.49. The summed E-state index contributed by atoms with van der Waals surface area (Å²) in [6.45, 7) is 6.02. The molecule has 0 amide bonds. The fourth-order valence-electron chi connectivity index (χ4n) is 1.69. The van der Waals surface area contributed by atoms with E-state index in [-0.39, 0.29) is 6.04 Å². The molecular formula is C14H22N4. The third-order valence-corrected chi connectivity index (χ3v) is 2.91. The van der Waals surface area contributed by atoms with Gasteiger partial charge in [-0.1, -0.05) is 6.92 Å². The summed E-state index contributed by atoms with van der Waals surface area (Å²) in [4.78, 5) is 6.52. The van der Waals surface area contributed by atoms with E-state index in [4.69, 9.17) is 5.26 Å². The van der Waals surface area contributed by atoms with Crippen molar-refractivity contribution in [3.05, 3.63) is 24.0 Å². The Bertz CT molecular complexity index is 380. The van der Waals surface area contributed by atoms with Crippen molar-refractivity contribution in [1.82, 2.24) is 10.3 Å². The lowest BCUT2D eigenvalue weighted by molar-refractivity contribution is 0.558. The van der Waals surface area contributed by atoms with Gasteiger partial charge in [0, 0.05) is 19.6 Å². The lowest BCUT2D eigenvalue weighted by Gasteiger charge is -2.18. The van der Waals surface area contributed by atoms with E-state index in [9.17, 15) is 0 Å². The van der Waals surface area contributed by atoms with Gasteiger partial charge in [0.1, 0.15) is 0 Å². The van der Waals surface area contributed by atoms with Crippen molar-refractivity contribution in [1.29, 1.82) is 5.26 Å². The van der Waals surface area contributed by atoms with Crippen molar-refractivity contribution in [2.24, 2.45) is 0 Å². The van der Waals surface area contributed by atoms with Crippen LogP contribution in [0, 0.1) is 11.3 Å². The monoisotopic (exact) mass is 246 g/mol. The van der Waals surface area contributed by atoms with Gasteiger partial charge >= 0.3 is 0 Å². The van der Waals surface area contributed by atoms with E-state index in [0.717, 1.165) is 30.9 Å². The molecule has 98 valence electrons. The Labute approximate surface area is 110 Å². The van der Waals surface area contributed by atoms with Crippen molar-refractivity contribution in [3.8, 4) is 6.07 Å². The zero-order chi connectivity index (χ0) is 13.4. The van der Waals surface area contributed by atoms with Gasteiger partial charge in [-0.05, 0) is 32.0 Å². The van der Waals surface area contributed by atoms with Crippen LogP contribution in [0.25, 0.3) is 0 Å². The molecular weight excluding hydrogens is 224 g/mol. The molecule has 1 rings (SSSR count). The molecule has 0 aliphatic heterocycles. The molecule has 1 heterocycles. The Morgan fingerprint density at radius 1 is 1.50 bits per heavy atom. The third-order valence-electron chi connectivity index (χ3n) is 2.91. The van der Waals surface area contributed by atoms with Crippen LogP contribution in [0.5, 0.6) is 0 Å². The van der Waals surface area contributed by atoms with Gasteiger partial charge < -0.3 is 10.2 Å². The van der Waals surface area contributed by atoms with Crippen LogP contribution in [0.4, 0.5) is 5.69 Å². The molecule has 0 saturated carbocycles. The summed E-state index contributed by atoms with van der Waals surface area (Å²) in [5.74, 6) is 0. The molecule has 0 aromatic carbocycles. The molecule has 4 nitrogen and oxygen atoms in total. The van der Waals surface area contributed by atoms with Gasteiger partial charge in [0.05, 0.1) is 30.1 Å². The highest BCUT2D eigenvalue weighted by Gasteiger charge is 2.06. The van der Waals surface area contributed by atoms with Gasteiger partial charge in [0.2, 0.25) is 0 Å². The first kappa shape index (κ1) is 14.5. The maximum absolute atomic E-state index is 8.56. The molecule has 4 heteroatoms. The van der Waals surface area contributed by atoms with Crippen molar-refractivity contribution in [2.45, 2.75) is 32.7 Å². The summed E-state index contributed by atoms with van der Waals surface area (Å²) in [5.41, 5.74) is 2.11. The highest BCUT2D eigenvalue weighted by Crippen LogP contribution is 2.15. The summed E-state index contributed by atoms with van der Waals surface area (Å²) >= 11 is 0. The van der Waals surface area contributed by atoms with Gasteiger partial charge in [-0.25, -0.2) is 0 Å². The fraction of sp³-hybridized carbons (Fsp3) is 0.571. The Hall–Kier alpha value is -1.60. The number of hydrogen-bond acceptors (Lipinski definition) is 4. The van der Waals surface area contributed by atoms with E-state index < -0.39 is 0 Å². The standard InChI is InChI=1S/C14H22N4/c1-4-9-16-12(2)14-7-6-13(11-17-14)18(3)10-5-8-15/h6-7,11-12,16H,4-5,9-10H2,1-3H3. The molecule has 1 N–H and O–H groups in total. The Kier molecular flexibility index (Phi) is 6.16. The van der Waals surface area contributed by atoms with Crippen molar-refractivity contribution >= 4 is 5.69 Å². The van der Waals surface area contributed by atoms with Crippen LogP contribution in [0.15, 0.2) is 18.3 Å². The van der Waals surface area contributed by atoms with Crippen molar-refractivity contribution in [3.63, 3.8) is 0 Å². The third kappa shape index (κ3) is 4.34. The molecule has 0 spiro atoms. The minimum absolute atomic E-state index is 0.281. The van der Waals surface area contributed by atoms with Crippen LogP contribution in [-0.2, 0) is 0 Å². The largest absolute Gasteiger partial charge is 0.372 e. The van der Waals surface area contributed by atoms with Crippen LogP contribution >= 0.6 is 0 Å². The van der Waals surface area contributed by atoms with Gasteiger partial charge in [0.25, 0.3) is 0 Å². The first-order chi connectivity index (χ1) is 8.69. The lowest BCUT2D eigenvalue weighted by atomic mass is 10.2. The second kappa shape index (κ2) is 7.67. The Morgan fingerprint density at radius 3 is 2.83 bits per heavy atom. The normalized spacial score (nSPS) is 11.9. The highest BCUT2D eigenvalue weighted by molar-refractivity contribution is 5.43. The molecule has 18 heavy (non-hydrogen) atoms. The first-order valence-corrected chi connectivity index (χ1v) is 6.46. The molecule has 1 aromatic rings. The minimum atomic E-state index is 0.281. The molecule has 1 unspecified atom stereocenters. The Morgan fingerprint density at radius 2 is 2.28 bits per heavy atom. The highest BCUT2D eigenvalue weighted by atomic mass is 15.1. The number of pyridine rings is 1. The summed E-state index contributed by atoms with van der Waals surface area (Å²) in [5, 5.41) is 12.0. The van der Waals surface area contributed by atoms with Crippen LogP contribution < -0.4 is 10.2 Å². The van der Waals surface area contributed by atoms with Crippen molar-refractivity contribution in [2.75, 3.05) is 25.0 Å². The molecule has 0 saturated heterocycles. The smallest absolute Gasteiger partial charge is 0.0640 e. The summed E-state index contributed by atoms with van der Waals surface area (Å²) in [6, 6.07) is 6.54. The number of nitrogens with one attached hydrogen (secondary N) is 1. The summed E-state index contributed by atoms with van der Waals surface area (Å²) in [6.07, 6.45) is 3.53. The molecule has 1 aromatic heterocycles. The maximum atomic E-state index is 8.56. The zero-order valence-corrected chi connectivity index (χ0v) is 11.5. The van der Waals surface area contributed by atoms with E-state index in [1.165, 1.54) is 0 Å². The zero-order valence-electron chi connectivity index (χ0n) is 11.5.